The average molecular weight is 212 g/mol. The number of rotatable bonds is 4. The Kier molecular flexibility index (Phi) is 4.42. The minimum Gasteiger partial charge on any atom is -0.380 e. The van der Waals surface area contributed by atoms with Gasteiger partial charge in [-0.2, -0.15) is 5.26 Å². The van der Waals surface area contributed by atoms with Crippen molar-refractivity contribution in [2.24, 2.45) is 0 Å². The number of hydrogen-bond acceptors (Lipinski definition) is 2. The summed E-state index contributed by atoms with van der Waals surface area (Å²) in [6.45, 7) is 4.09. The maximum absolute atomic E-state index is 8.99. The van der Waals surface area contributed by atoms with Crippen LogP contribution in [-0.2, 0) is 0 Å². The maximum atomic E-state index is 8.99. The van der Waals surface area contributed by atoms with E-state index in [2.05, 4.69) is 24.2 Å². The molecule has 0 spiro atoms. The van der Waals surface area contributed by atoms with Crippen molar-refractivity contribution in [2.45, 2.75) is 32.7 Å². The molecule has 0 saturated heterocycles. The Labute approximate surface area is 97.3 Å². The van der Waals surface area contributed by atoms with Gasteiger partial charge in [0, 0.05) is 12.5 Å². The number of benzene rings is 1. The van der Waals surface area contributed by atoms with Crippen LogP contribution in [0.4, 0.5) is 5.69 Å². The number of nitrogens with zero attached hydrogens (tertiary/aromatic N) is 1. The average Bonchev–Trinajstić information content (AvgIpc) is 2.29. The van der Waals surface area contributed by atoms with Gasteiger partial charge >= 0.3 is 0 Å². The number of hydrogen-bond donors (Lipinski definition) is 1. The van der Waals surface area contributed by atoms with Crippen molar-refractivity contribution in [3.05, 3.63) is 29.3 Å². The van der Waals surface area contributed by atoms with Crippen LogP contribution in [0.25, 0.3) is 0 Å². The predicted octanol–water partition coefficient (Wildman–Crippen LogP) is 3.08. The molecule has 0 aliphatic carbocycles. The van der Waals surface area contributed by atoms with Crippen LogP contribution in [0, 0.1) is 30.6 Å². The molecule has 1 N–H and O–H groups in total. The van der Waals surface area contributed by atoms with Crippen LogP contribution in [0.1, 0.15) is 30.9 Å². The second-order valence-corrected chi connectivity index (χ2v) is 3.82. The molecule has 2 nitrogen and oxygen atoms in total. The number of nitriles is 1. The van der Waals surface area contributed by atoms with E-state index in [-0.39, 0.29) is 6.04 Å². The van der Waals surface area contributed by atoms with Crippen molar-refractivity contribution in [3.8, 4) is 18.4 Å². The first kappa shape index (κ1) is 12.1. The van der Waals surface area contributed by atoms with E-state index in [1.165, 1.54) is 0 Å². The van der Waals surface area contributed by atoms with E-state index in [4.69, 9.17) is 11.7 Å². The molecule has 0 amide bonds. The quantitative estimate of drug-likeness (QED) is 0.778. The van der Waals surface area contributed by atoms with Gasteiger partial charge in [-0.25, -0.2) is 0 Å². The molecule has 1 rings (SSSR count). The van der Waals surface area contributed by atoms with E-state index in [9.17, 15) is 0 Å². The van der Waals surface area contributed by atoms with Gasteiger partial charge < -0.3 is 5.32 Å². The summed E-state index contributed by atoms with van der Waals surface area (Å²) in [6.07, 6.45) is 6.93. The summed E-state index contributed by atoms with van der Waals surface area (Å²) in [4.78, 5) is 0. The molecule has 1 aromatic rings. The molecule has 0 fully saturated rings. The van der Waals surface area contributed by atoms with E-state index in [1.807, 2.05) is 25.1 Å². The molecule has 0 radical (unpaired) electrons. The van der Waals surface area contributed by atoms with Gasteiger partial charge in [-0.15, -0.1) is 12.3 Å². The second kappa shape index (κ2) is 5.83. The van der Waals surface area contributed by atoms with Crippen LogP contribution in [0.2, 0.25) is 0 Å². The fraction of sp³-hybridized carbons (Fsp3) is 0.357. The maximum Gasteiger partial charge on any atom is 0.101 e. The highest BCUT2D eigenvalue weighted by Gasteiger charge is 2.07. The van der Waals surface area contributed by atoms with Gasteiger partial charge in [0.25, 0.3) is 0 Å². The van der Waals surface area contributed by atoms with E-state index in [1.54, 1.807) is 0 Å². The highest BCUT2D eigenvalue weighted by atomic mass is 14.9. The first-order valence-corrected chi connectivity index (χ1v) is 5.42. The van der Waals surface area contributed by atoms with E-state index >= 15 is 0 Å². The third kappa shape index (κ3) is 3.04. The molecule has 0 bridgehead atoms. The minimum absolute atomic E-state index is 0.235. The zero-order chi connectivity index (χ0) is 12.0. The summed E-state index contributed by atoms with van der Waals surface area (Å²) in [7, 11) is 0. The topological polar surface area (TPSA) is 35.8 Å². The molecular formula is C14H16N2. The molecular weight excluding hydrogens is 196 g/mol. The summed E-state index contributed by atoms with van der Waals surface area (Å²) in [5, 5.41) is 12.3. The van der Waals surface area contributed by atoms with Crippen LogP contribution in [0.3, 0.4) is 0 Å². The molecule has 1 atom stereocenters. The molecule has 2 heteroatoms. The Hall–Kier alpha value is -1.93. The zero-order valence-electron chi connectivity index (χ0n) is 9.75. The molecule has 1 aromatic carbocycles. The molecule has 0 saturated carbocycles. The highest BCUT2D eigenvalue weighted by molar-refractivity contribution is 5.59. The predicted molar refractivity (Wildman–Crippen MR) is 67.0 cm³/mol. The minimum atomic E-state index is 0.235. The molecule has 0 aromatic heterocycles. The summed E-state index contributed by atoms with van der Waals surface area (Å²) in [6, 6.07) is 8.17. The van der Waals surface area contributed by atoms with Crippen LogP contribution < -0.4 is 5.32 Å². The van der Waals surface area contributed by atoms with Gasteiger partial charge in [0.2, 0.25) is 0 Å². The van der Waals surface area contributed by atoms with Gasteiger partial charge in [-0.3, -0.25) is 0 Å². The monoisotopic (exact) mass is 212 g/mol. The molecule has 16 heavy (non-hydrogen) atoms. The molecule has 82 valence electrons. The fourth-order valence-electron chi connectivity index (χ4n) is 1.53. The smallest absolute Gasteiger partial charge is 0.101 e. The number of terminal acetylenes is 1. The SMILES string of the molecule is C#CCC(CC)Nc1cc(C)ccc1C#N. The fourth-order valence-corrected chi connectivity index (χ4v) is 1.53. The first-order valence-electron chi connectivity index (χ1n) is 5.42. The zero-order valence-corrected chi connectivity index (χ0v) is 9.75. The van der Waals surface area contributed by atoms with Crippen molar-refractivity contribution >= 4 is 5.69 Å². The van der Waals surface area contributed by atoms with Crippen LogP contribution in [0.15, 0.2) is 18.2 Å². The molecule has 0 aliphatic heterocycles. The summed E-state index contributed by atoms with van der Waals surface area (Å²) in [5.74, 6) is 2.65. The number of nitrogens with one attached hydrogen (secondary N) is 1. The lowest BCUT2D eigenvalue weighted by Gasteiger charge is -2.17. The van der Waals surface area contributed by atoms with Crippen molar-refractivity contribution in [2.75, 3.05) is 5.32 Å². The summed E-state index contributed by atoms with van der Waals surface area (Å²) >= 11 is 0. The lowest BCUT2D eigenvalue weighted by atomic mass is 10.1. The lowest BCUT2D eigenvalue weighted by Crippen LogP contribution is -2.18. The van der Waals surface area contributed by atoms with Crippen molar-refractivity contribution in [1.29, 1.82) is 5.26 Å². The summed E-state index contributed by atoms with van der Waals surface area (Å²) in [5.41, 5.74) is 2.68. The van der Waals surface area contributed by atoms with Gasteiger partial charge in [-0.1, -0.05) is 13.0 Å². The Morgan fingerprint density at radius 2 is 2.25 bits per heavy atom. The lowest BCUT2D eigenvalue weighted by molar-refractivity contribution is 0.715. The largest absolute Gasteiger partial charge is 0.380 e. The highest BCUT2D eigenvalue weighted by Crippen LogP contribution is 2.19. The molecule has 0 heterocycles. The molecule has 1 unspecified atom stereocenters. The molecule has 0 aliphatic rings. The Morgan fingerprint density at radius 1 is 1.50 bits per heavy atom. The third-order valence-electron chi connectivity index (χ3n) is 2.51. The number of anilines is 1. The van der Waals surface area contributed by atoms with Crippen LogP contribution >= 0.6 is 0 Å². The Morgan fingerprint density at radius 3 is 2.81 bits per heavy atom. The summed E-state index contributed by atoms with van der Waals surface area (Å²) < 4.78 is 0. The van der Waals surface area contributed by atoms with Gasteiger partial charge in [0.15, 0.2) is 0 Å². The normalized spacial score (nSPS) is 11.2. The Balaban J connectivity index is 2.91. The van der Waals surface area contributed by atoms with E-state index in [0.29, 0.717) is 12.0 Å². The van der Waals surface area contributed by atoms with Gasteiger partial charge in [0.05, 0.1) is 11.3 Å². The van der Waals surface area contributed by atoms with E-state index < -0.39 is 0 Å². The van der Waals surface area contributed by atoms with Crippen LogP contribution in [0.5, 0.6) is 0 Å². The standard InChI is InChI=1S/C14H16N2/c1-4-6-13(5-2)16-14-9-11(3)7-8-12(14)10-15/h1,7-9,13,16H,5-6H2,2-3H3. The van der Waals surface area contributed by atoms with Crippen molar-refractivity contribution in [1.82, 2.24) is 0 Å². The Bertz CT molecular complexity index is 435. The third-order valence-corrected chi connectivity index (χ3v) is 2.51. The van der Waals surface area contributed by atoms with Crippen molar-refractivity contribution < 1.29 is 0 Å². The number of aryl methyl sites for hydroxylation is 1. The van der Waals surface area contributed by atoms with Crippen LogP contribution in [-0.4, -0.2) is 6.04 Å². The van der Waals surface area contributed by atoms with E-state index in [0.717, 1.165) is 17.7 Å². The van der Waals surface area contributed by atoms with Gasteiger partial charge in [-0.05, 0) is 31.0 Å². The van der Waals surface area contributed by atoms with Crippen molar-refractivity contribution in [3.63, 3.8) is 0 Å². The van der Waals surface area contributed by atoms with Gasteiger partial charge in [0.1, 0.15) is 6.07 Å². The second-order valence-electron chi connectivity index (χ2n) is 3.82. The first-order chi connectivity index (χ1) is 7.71.